The summed E-state index contributed by atoms with van der Waals surface area (Å²) >= 11 is 0. The van der Waals surface area contributed by atoms with E-state index in [9.17, 15) is 5.11 Å². The average Bonchev–Trinajstić information content (AvgIpc) is 3.69. The molecule has 4 aliphatic rings. The van der Waals surface area contributed by atoms with Gasteiger partial charge < -0.3 is 25.8 Å². The Balaban J connectivity index is 1.31. The van der Waals surface area contributed by atoms with Crippen LogP contribution in [0, 0.1) is 11.6 Å². The van der Waals surface area contributed by atoms with Gasteiger partial charge in [-0.1, -0.05) is 13.0 Å². The van der Waals surface area contributed by atoms with Crippen molar-refractivity contribution >= 4 is 33.2 Å². The number of nitrogens with one attached hydrogen (secondary N) is 1. The maximum atomic E-state index is 17.0. The molecule has 4 saturated heterocycles. The second-order valence-corrected chi connectivity index (χ2v) is 13.1. The third-order valence-electron chi connectivity index (χ3n) is 10.5. The van der Waals surface area contributed by atoms with Crippen molar-refractivity contribution in [3.63, 3.8) is 0 Å². The van der Waals surface area contributed by atoms with Crippen LogP contribution < -0.4 is 20.7 Å². The first-order valence-corrected chi connectivity index (χ1v) is 16.0. The molecule has 4 aliphatic heterocycles. The molecule has 4 aromatic rings. The number of aromatic nitrogens is 2. The molecule has 4 fully saturated rings. The number of phenols is 1. The Morgan fingerprint density at radius 3 is 2.55 bits per heavy atom. The fraction of sp³-hybridized carbons (Fsp3) is 0.471. The maximum absolute atomic E-state index is 17.0. The number of nitrogens with two attached hydrogens (primary N) is 1. The summed E-state index contributed by atoms with van der Waals surface area (Å²) in [6.45, 7) is 5.97. The molecule has 0 saturated carbocycles. The predicted molar refractivity (Wildman–Crippen MR) is 168 cm³/mol. The maximum Gasteiger partial charge on any atom is 0.319 e. The molecule has 2 bridgehead atoms. The average molecular weight is 601 g/mol. The van der Waals surface area contributed by atoms with Gasteiger partial charge in [-0.2, -0.15) is 9.97 Å². The molecule has 5 heterocycles. The number of anilines is 2. The SMILES string of the molecule is CCc1c(F)ccc2cc(O)cc(-c3c(N)cc4c(N5CC6CCC(C5)N6)nc(OCC56CCCN5CCC6)nc4c3F)c12. The fourth-order valence-electron chi connectivity index (χ4n) is 8.46. The lowest BCUT2D eigenvalue weighted by atomic mass is 9.91. The van der Waals surface area contributed by atoms with Crippen LogP contribution in [0.2, 0.25) is 0 Å². The van der Waals surface area contributed by atoms with Crippen molar-refractivity contribution in [3.05, 3.63) is 47.5 Å². The first-order chi connectivity index (χ1) is 21.3. The molecule has 0 radical (unpaired) electrons. The van der Waals surface area contributed by atoms with E-state index in [-0.39, 0.29) is 39.9 Å². The minimum absolute atomic E-state index is 0.0153. The largest absolute Gasteiger partial charge is 0.508 e. The minimum Gasteiger partial charge on any atom is -0.508 e. The highest BCUT2D eigenvalue weighted by Gasteiger charge is 2.45. The zero-order valence-electron chi connectivity index (χ0n) is 25.0. The summed E-state index contributed by atoms with van der Waals surface area (Å²) in [5, 5.41) is 16.0. The number of aromatic hydroxyl groups is 1. The molecule has 10 heteroatoms. The van der Waals surface area contributed by atoms with Crippen LogP contribution in [0.1, 0.15) is 51.0 Å². The molecular weight excluding hydrogens is 562 g/mol. The molecule has 2 atom stereocenters. The highest BCUT2D eigenvalue weighted by Crippen LogP contribution is 2.44. The molecule has 8 rings (SSSR count). The van der Waals surface area contributed by atoms with Crippen LogP contribution >= 0.6 is 0 Å². The normalized spacial score (nSPS) is 22.8. The van der Waals surface area contributed by atoms with E-state index in [0.717, 1.165) is 64.7 Å². The molecule has 1 aromatic heterocycles. The summed E-state index contributed by atoms with van der Waals surface area (Å²) in [4.78, 5) is 14.3. The highest BCUT2D eigenvalue weighted by molar-refractivity contribution is 6.06. The van der Waals surface area contributed by atoms with Crippen molar-refractivity contribution in [2.45, 2.75) is 69.5 Å². The molecule has 44 heavy (non-hydrogen) atoms. The van der Waals surface area contributed by atoms with E-state index in [1.54, 1.807) is 18.2 Å². The van der Waals surface area contributed by atoms with Gasteiger partial charge in [0.25, 0.3) is 0 Å². The Morgan fingerprint density at radius 1 is 1.07 bits per heavy atom. The van der Waals surface area contributed by atoms with E-state index >= 15 is 8.78 Å². The van der Waals surface area contributed by atoms with Gasteiger partial charge in [0.15, 0.2) is 5.82 Å². The van der Waals surface area contributed by atoms with Crippen LogP contribution in [0.3, 0.4) is 0 Å². The van der Waals surface area contributed by atoms with Gasteiger partial charge in [-0.3, -0.25) is 4.90 Å². The molecule has 230 valence electrons. The van der Waals surface area contributed by atoms with Gasteiger partial charge in [0.1, 0.15) is 29.5 Å². The Morgan fingerprint density at radius 2 is 1.82 bits per heavy atom. The van der Waals surface area contributed by atoms with Crippen LogP contribution in [0.4, 0.5) is 20.3 Å². The Labute approximate surface area is 255 Å². The van der Waals surface area contributed by atoms with E-state index in [2.05, 4.69) is 20.1 Å². The van der Waals surface area contributed by atoms with E-state index in [0.29, 0.717) is 58.2 Å². The van der Waals surface area contributed by atoms with Crippen molar-refractivity contribution in [2.75, 3.05) is 43.4 Å². The third-order valence-corrected chi connectivity index (χ3v) is 10.5. The number of phenolic OH excluding ortho intramolecular Hbond substituents is 1. The zero-order valence-corrected chi connectivity index (χ0v) is 25.0. The van der Waals surface area contributed by atoms with Crippen LogP contribution in [-0.2, 0) is 6.42 Å². The summed E-state index contributed by atoms with van der Waals surface area (Å²) in [5.41, 5.74) is 7.79. The van der Waals surface area contributed by atoms with Gasteiger partial charge in [-0.05, 0) is 104 Å². The number of nitrogens with zero attached hydrogens (tertiary/aromatic N) is 4. The lowest BCUT2D eigenvalue weighted by Gasteiger charge is -2.35. The lowest BCUT2D eigenvalue weighted by molar-refractivity contribution is 0.108. The molecular formula is C34H38F2N6O2. The van der Waals surface area contributed by atoms with Gasteiger partial charge in [0.2, 0.25) is 0 Å². The van der Waals surface area contributed by atoms with Gasteiger partial charge in [-0.25, -0.2) is 8.78 Å². The summed E-state index contributed by atoms with van der Waals surface area (Å²) in [7, 11) is 0. The molecule has 3 aromatic carbocycles. The molecule has 8 nitrogen and oxygen atoms in total. The Bertz CT molecular complexity index is 1780. The number of ether oxygens (including phenoxy) is 1. The molecule has 4 N–H and O–H groups in total. The number of piperazine rings is 1. The highest BCUT2D eigenvalue weighted by atomic mass is 19.1. The van der Waals surface area contributed by atoms with Gasteiger partial charge in [0, 0.05) is 41.8 Å². The number of hydrogen-bond acceptors (Lipinski definition) is 8. The van der Waals surface area contributed by atoms with Gasteiger partial charge in [0.05, 0.1) is 5.54 Å². The Kier molecular flexibility index (Phi) is 6.57. The lowest BCUT2D eigenvalue weighted by Crippen LogP contribution is -2.51. The number of aryl methyl sites for hydroxylation is 1. The van der Waals surface area contributed by atoms with E-state index in [1.807, 2.05) is 6.92 Å². The molecule has 0 amide bonds. The van der Waals surface area contributed by atoms with E-state index in [1.165, 1.54) is 12.1 Å². The molecule has 0 spiro atoms. The second-order valence-electron chi connectivity index (χ2n) is 13.1. The first-order valence-electron chi connectivity index (χ1n) is 16.0. The van der Waals surface area contributed by atoms with Crippen molar-refractivity contribution in [1.82, 2.24) is 20.2 Å². The standard InChI is InChI=1S/C34H38F2N6O2/c1-2-23-26(35)8-5-19-13-22(43)14-24(28(19)23)29-27(37)15-25-31(30(29)36)39-33(44-18-34-9-3-11-42(34)12-4-10-34)40-32(25)41-16-20-6-7-21(17-41)38-20/h5,8,13-15,20-21,38,43H,2-4,6-7,9-12,16-18,37H2,1H3. The number of nitrogen functional groups attached to an aromatic ring is 1. The van der Waals surface area contributed by atoms with Crippen molar-refractivity contribution in [3.8, 4) is 22.9 Å². The van der Waals surface area contributed by atoms with E-state index < -0.39 is 5.82 Å². The zero-order chi connectivity index (χ0) is 30.2. The number of benzene rings is 3. The van der Waals surface area contributed by atoms with Gasteiger partial charge >= 0.3 is 6.01 Å². The first kappa shape index (κ1) is 27.8. The summed E-state index contributed by atoms with van der Waals surface area (Å²) in [6.07, 6.45) is 7.01. The van der Waals surface area contributed by atoms with Crippen LogP contribution in [0.15, 0.2) is 30.3 Å². The van der Waals surface area contributed by atoms with Crippen LogP contribution in [-0.4, -0.2) is 70.4 Å². The summed E-state index contributed by atoms with van der Waals surface area (Å²) in [5.74, 6) is -0.451. The van der Waals surface area contributed by atoms with Crippen molar-refractivity contribution in [1.29, 1.82) is 0 Å². The smallest absolute Gasteiger partial charge is 0.319 e. The van der Waals surface area contributed by atoms with Crippen LogP contribution in [0.25, 0.3) is 32.8 Å². The molecule has 2 unspecified atom stereocenters. The van der Waals surface area contributed by atoms with Crippen LogP contribution in [0.5, 0.6) is 11.8 Å². The van der Waals surface area contributed by atoms with Crippen molar-refractivity contribution in [2.24, 2.45) is 0 Å². The minimum atomic E-state index is -0.633. The van der Waals surface area contributed by atoms with Crippen molar-refractivity contribution < 1.29 is 18.6 Å². The number of rotatable bonds is 6. The van der Waals surface area contributed by atoms with E-state index in [4.69, 9.17) is 15.5 Å². The summed E-state index contributed by atoms with van der Waals surface area (Å²) < 4.78 is 38.4. The number of hydrogen-bond donors (Lipinski definition) is 3. The number of fused-ring (bicyclic) bond motifs is 5. The van der Waals surface area contributed by atoms with Gasteiger partial charge in [-0.15, -0.1) is 0 Å². The quantitative estimate of drug-likeness (QED) is 0.249. The predicted octanol–water partition coefficient (Wildman–Crippen LogP) is 5.53. The molecule has 0 aliphatic carbocycles. The summed E-state index contributed by atoms with van der Waals surface area (Å²) in [6, 6.07) is 8.57. The fourth-order valence-corrected chi connectivity index (χ4v) is 8.46. The second kappa shape index (κ2) is 10.4. The monoisotopic (exact) mass is 600 g/mol. The Hall–Kier alpha value is -3.76. The third kappa shape index (κ3) is 4.36. The topological polar surface area (TPSA) is 99.8 Å². The number of halogens is 2.